The van der Waals surface area contributed by atoms with Crippen molar-refractivity contribution in [2.75, 3.05) is 19.6 Å². The predicted octanol–water partition coefficient (Wildman–Crippen LogP) is 3.07. The van der Waals surface area contributed by atoms with E-state index in [9.17, 15) is 4.79 Å². The summed E-state index contributed by atoms with van der Waals surface area (Å²) in [6, 6.07) is 3.86. The molecular formula is C20H34N4O3. The molecule has 3 N–H and O–H groups in total. The third-order valence-corrected chi connectivity index (χ3v) is 4.13. The number of carbonyl (C=O) groups is 1. The molecular weight excluding hydrogens is 344 g/mol. The van der Waals surface area contributed by atoms with Gasteiger partial charge in [0.1, 0.15) is 11.4 Å². The minimum atomic E-state index is -0.497. The molecule has 0 radical (unpaired) electrons. The first kappa shape index (κ1) is 21.1. The fourth-order valence-corrected chi connectivity index (χ4v) is 2.64. The predicted molar refractivity (Wildman–Crippen MR) is 107 cm³/mol. The minimum absolute atomic E-state index is 0.00477. The van der Waals surface area contributed by atoms with Crippen LogP contribution in [0.25, 0.3) is 0 Å². The van der Waals surface area contributed by atoms with Crippen molar-refractivity contribution in [1.82, 2.24) is 16.0 Å². The van der Waals surface area contributed by atoms with Gasteiger partial charge in [-0.15, -0.1) is 0 Å². The van der Waals surface area contributed by atoms with Crippen LogP contribution in [0.2, 0.25) is 0 Å². The second-order valence-electron chi connectivity index (χ2n) is 7.96. The normalized spacial score (nSPS) is 15.9. The Morgan fingerprint density at radius 2 is 2.07 bits per heavy atom. The van der Waals surface area contributed by atoms with Crippen LogP contribution >= 0.6 is 0 Å². The lowest BCUT2D eigenvalue weighted by molar-refractivity contribution is 0.0500. The Hall–Kier alpha value is -2.18. The molecule has 0 aromatic carbocycles. The van der Waals surface area contributed by atoms with Crippen LogP contribution in [-0.4, -0.2) is 43.3 Å². The number of nitrogens with zero attached hydrogens (tertiary/aromatic N) is 1. The highest BCUT2D eigenvalue weighted by molar-refractivity contribution is 5.79. The third-order valence-electron chi connectivity index (χ3n) is 4.13. The average Bonchev–Trinajstić information content (AvgIpc) is 3.30. The number of furan rings is 1. The molecule has 7 heteroatoms. The van der Waals surface area contributed by atoms with Crippen molar-refractivity contribution in [1.29, 1.82) is 0 Å². The molecule has 1 aromatic rings. The molecule has 1 aliphatic rings. The summed E-state index contributed by atoms with van der Waals surface area (Å²) in [4.78, 5) is 16.8. The molecule has 0 bridgehead atoms. The summed E-state index contributed by atoms with van der Waals surface area (Å²) >= 11 is 0. The molecule has 0 saturated heterocycles. The second kappa shape index (κ2) is 10.2. The first-order valence-corrected chi connectivity index (χ1v) is 9.91. The summed E-state index contributed by atoms with van der Waals surface area (Å²) in [5, 5.41) is 9.64. The van der Waals surface area contributed by atoms with Crippen molar-refractivity contribution in [3.8, 4) is 0 Å². The zero-order chi connectivity index (χ0) is 19.7. The molecule has 27 heavy (non-hydrogen) atoms. The van der Waals surface area contributed by atoms with Crippen LogP contribution in [0.4, 0.5) is 4.79 Å². The van der Waals surface area contributed by atoms with E-state index in [0.717, 1.165) is 50.5 Å². The monoisotopic (exact) mass is 378 g/mol. The van der Waals surface area contributed by atoms with Crippen molar-refractivity contribution in [3.05, 3.63) is 24.2 Å². The Labute approximate surface area is 162 Å². The number of guanidine groups is 1. The molecule has 1 saturated carbocycles. The second-order valence-corrected chi connectivity index (χ2v) is 7.96. The van der Waals surface area contributed by atoms with Gasteiger partial charge in [0.15, 0.2) is 5.96 Å². The van der Waals surface area contributed by atoms with Gasteiger partial charge < -0.3 is 25.1 Å². The summed E-state index contributed by atoms with van der Waals surface area (Å²) in [6.07, 6.45) is 5.37. The fraction of sp³-hybridized carbons (Fsp3) is 0.700. The van der Waals surface area contributed by atoms with Crippen molar-refractivity contribution >= 4 is 12.1 Å². The average molecular weight is 379 g/mol. The van der Waals surface area contributed by atoms with Crippen molar-refractivity contribution in [3.63, 3.8) is 0 Å². The Morgan fingerprint density at radius 1 is 1.33 bits per heavy atom. The number of alkyl carbamates (subject to hydrolysis) is 1. The standard InChI is InChI=1S/C20H34N4O3/c1-5-11-21-18(22-12-10-16-7-6-13-26-16)23-14-17(15-8-9-15)24-19(25)27-20(2,3)4/h6-7,13,15,17H,5,8-12,14H2,1-4H3,(H,24,25)(H2,21,22,23). The summed E-state index contributed by atoms with van der Waals surface area (Å²) in [7, 11) is 0. The van der Waals surface area contributed by atoms with E-state index in [1.54, 1.807) is 6.26 Å². The highest BCUT2D eigenvalue weighted by atomic mass is 16.6. The maximum atomic E-state index is 12.1. The van der Waals surface area contributed by atoms with Gasteiger partial charge in [0, 0.05) is 19.5 Å². The topological polar surface area (TPSA) is 87.9 Å². The van der Waals surface area contributed by atoms with Crippen LogP contribution < -0.4 is 16.0 Å². The highest BCUT2D eigenvalue weighted by Crippen LogP contribution is 2.33. The number of aliphatic imine (C=N–C) groups is 1. The molecule has 2 rings (SSSR count). The van der Waals surface area contributed by atoms with E-state index >= 15 is 0 Å². The Kier molecular flexibility index (Phi) is 8.00. The van der Waals surface area contributed by atoms with Crippen molar-refractivity contribution in [2.24, 2.45) is 10.9 Å². The highest BCUT2D eigenvalue weighted by Gasteiger charge is 2.33. The SMILES string of the molecule is CCCNC(=NCC(NC(=O)OC(C)(C)C)C1CC1)NCCc1ccco1. The molecule has 1 aliphatic carbocycles. The van der Waals surface area contributed by atoms with E-state index in [1.807, 2.05) is 32.9 Å². The van der Waals surface area contributed by atoms with Crippen LogP contribution in [0.1, 0.15) is 52.7 Å². The van der Waals surface area contributed by atoms with Gasteiger partial charge in [0.25, 0.3) is 0 Å². The van der Waals surface area contributed by atoms with Crippen LogP contribution in [0.5, 0.6) is 0 Å². The molecule has 1 amide bonds. The Bertz CT molecular complexity index is 589. The number of ether oxygens (including phenoxy) is 1. The molecule has 0 spiro atoms. The van der Waals surface area contributed by atoms with Crippen LogP contribution in [0.15, 0.2) is 27.8 Å². The maximum Gasteiger partial charge on any atom is 0.407 e. The lowest BCUT2D eigenvalue weighted by Crippen LogP contribution is -2.44. The van der Waals surface area contributed by atoms with Gasteiger partial charge >= 0.3 is 6.09 Å². The third kappa shape index (κ3) is 8.84. The molecule has 1 heterocycles. The summed E-state index contributed by atoms with van der Waals surface area (Å²) in [6.45, 7) is 9.83. The lowest BCUT2D eigenvalue weighted by atomic mass is 10.2. The van der Waals surface area contributed by atoms with Gasteiger partial charge in [-0.1, -0.05) is 6.92 Å². The van der Waals surface area contributed by atoms with Gasteiger partial charge in [0.2, 0.25) is 0 Å². The summed E-state index contributed by atoms with van der Waals surface area (Å²) < 4.78 is 10.7. The first-order chi connectivity index (χ1) is 12.9. The first-order valence-electron chi connectivity index (χ1n) is 9.91. The Balaban J connectivity index is 1.86. The molecule has 1 unspecified atom stereocenters. The largest absolute Gasteiger partial charge is 0.469 e. The van der Waals surface area contributed by atoms with E-state index in [-0.39, 0.29) is 12.1 Å². The molecule has 1 aromatic heterocycles. The zero-order valence-corrected chi connectivity index (χ0v) is 17.0. The number of nitrogens with one attached hydrogen (secondary N) is 3. The van der Waals surface area contributed by atoms with E-state index in [1.165, 1.54) is 0 Å². The number of rotatable bonds is 9. The number of carbonyl (C=O) groups excluding carboxylic acids is 1. The van der Waals surface area contributed by atoms with Gasteiger partial charge in [-0.2, -0.15) is 0 Å². The van der Waals surface area contributed by atoms with Gasteiger partial charge in [-0.05, 0) is 58.1 Å². The van der Waals surface area contributed by atoms with Crippen molar-refractivity contribution < 1.29 is 13.9 Å². The van der Waals surface area contributed by atoms with Gasteiger partial charge in [0.05, 0.1) is 18.8 Å². The molecule has 7 nitrogen and oxygen atoms in total. The molecule has 152 valence electrons. The van der Waals surface area contributed by atoms with Gasteiger partial charge in [-0.3, -0.25) is 4.99 Å². The molecule has 1 atom stereocenters. The number of amides is 1. The van der Waals surface area contributed by atoms with E-state index < -0.39 is 5.60 Å². The summed E-state index contributed by atoms with van der Waals surface area (Å²) in [5.41, 5.74) is -0.497. The van der Waals surface area contributed by atoms with Crippen LogP contribution in [-0.2, 0) is 11.2 Å². The maximum absolute atomic E-state index is 12.1. The number of hydrogen-bond donors (Lipinski definition) is 3. The molecule has 0 aliphatic heterocycles. The molecule has 1 fully saturated rings. The van der Waals surface area contributed by atoms with Crippen LogP contribution in [0.3, 0.4) is 0 Å². The quantitative estimate of drug-likeness (QED) is 0.454. The van der Waals surface area contributed by atoms with Crippen molar-refractivity contribution in [2.45, 2.75) is 65.0 Å². The van der Waals surface area contributed by atoms with E-state index in [2.05, 4.69) is 27.9 Å². The van der Waals surface area contributed by atoms with E-state index in [4.69, 9.17) is 9.15 Å². The lowest BCUT2D eigenvalue weighted by Gasteiger charge is -2.23. The van der Waals surface area contributed by atoms with E-state index in [0.29, 0.717) is 12.5 Å². The summed E-state index contributed by atoms with van der Waals surface area (Å²) in [5.74, 6) is 2.19. The fourth-order valence-electron chi connectivity index (χ4n) is 2.64. The zero-order valence-electron chi connectivity index (χ0n) is 17.0. The smallest absolute Gasteiger partial charge is 0.407 e. The minimum Gasteiger partial charge on any atom is -0.469 e. The number of hydrogen-bond acceptors (Lipinski definition) is 4. The van der Waals surface area contributed by atoms with Gasteiger partial charge in [-0.25, -0.2) is 4.79 Å². The Morgan fingerprint density at radius 3 is 2.67 bits per heavy atom. The van der Waals surface area contributed by atoms with Crippen LogP contribution in [0, 0.1) is 5.92 Å².